The largest absolute Gasteiger partial charge is 0.487 e. The molecule has 0 bridgehead atoms. The Labute approximate surface area is 217 Å². The Bertz CT molecular complexity index is 1650. The summed E-state index contributed by atoms with van der Waals surface area (Å²) in [4.78, 5) is 13.6. The number of carbonyl (C=O) groups excluding carboxylic acids is 1. The van der Waals surface area contributed by atoms with Crippen LogP contribution in [-0.4, -0.2) is 33.8 Å². The van der Waals surface area contributed by atoms with Crippen molar-refractivity contribution in [3.8, 4) is 5.75 Å². The van der Waals surface area contributed by atoms with Crippen LogP contribution in [0.1, 0.15) is 31.9 Å². The standard InChI is InChI=1S/C33H31N2O2/c1-22-25(32(36)31(22)26-21-34(4)28-16-10-8-14-24(26)28)20-30-33(2,3)27-15-9-11-17-29(27)35(30)18-19-37-23-12-6-5-7-13-23/h5-17,20-21H,18-19H2,1-4H3/q+1. The van der Waals surface area contributed by atoms with Gasteiger partial charge in [-0.05, 0) is 44.5 Å². The molecule has 184 valence electrons. The van der Waals surface area contributed by atoms with Crippen molar-refractivity contribution in [2.24, 2.45) is 7.05 Å². The minimum atomic E-state index is -0.230. The highest BCUT2D eigenvalue weighted by molar-refractivity contribution is 6.42. The lowest BCUT2D eigenvalue weighted by molar-refractivity contribution is -0.439. The second-order valence-corrected chi connectivity index (χ2v) is 10.4. The van der Waals surface area contributed by atoms with E-state index in [9.17, 15) is 4.79 Å². The number of aromatic nitrogens is 1. The first-order valence-corrected chi connectivity index (χ1v) is 12.8. The summed E-state index contributed by atoms with van der Waals surface area (Å²) in [5.74, 6) is 0.982. The van der Waals surface area contributed by atoms with Gasteiger partial charge in [-0.15, -0.1) is 0 Å². The lowest BCUT2D eigenvalue weighted by Crippen LogP contribution is -2.31. The van der Waals surface area contributed by atoms with E-state index in [2.05, 4.69) is 78.6 Å². The maximum Gasteiger partial charge on any atom is 0.209 e. The number of fused-ring (bicyclic) bond motifs is 2. The molecule has 4 nitrogen and oxygen atoms in total. The van der Waals surface area contributed by atoms with E-state index in [1.54, 1.807) is 0 Å². The summed E-state index contributed by atoms with van der Waals surface area (Å²) in [5.41, 5.74) is 8.18. The first-order chi connectivity index (χ1) is 17.9. The molecule has 0 fully saturated rings. The van der Waals surface area contributed by atoms with E-state index in [1.165, 1.54) is 11.3 Å². The van der Waals surface area contributed by atoms with E-state index in [4.69, 9.17) is 4.74 Å². The molecule has 1 aliphatic carbocycles. The maximum absolute atomic E-state index is 13.6. The monoisotopic (exact) mass is 487 g/mol. The third-order valence-corrected chi connectivity index (χ3v) is 7.82. The molecule has 0 atom stereocenters. The third kappa shape index (κ3) is 3.67. The summed E-state index contributed by atoms with van der Waals surface area (Å²) in [6.07, 6.45) is 4.20. The number of Topliss-reactive ketones (excluding diaryl/α,β-unsaturated/α-hetero) is 1. The number of allylic oxidation sites excluding steroid dienone is 4. The maximum atomic E-state index is 13.6. The van der Waals surface area contributed by atoms with Gasteiger partial charge in [0.15, 0.2) is 18.0 Å². The minimum Gasteiger partial charge on any atom is -0.487 e. The fourth-order valence-electron chi connectivity index (χ4n) is 5.84. The minimum absolute atomic E-state index is 0.119. The zero-order chi connectivity index (χ0) is 25.7. The molecule has 6 rings (SSSR count). The van der Waals surface area contributed by atoms with Crippen LogP contribution in [-0.2, 0) is 17.3 Å². The summed E-state index contributed by atoms with van der Waals surface area (Å²) < 4.78 is 10.5. The molecule has 3 aromatic carbocycles. The summed E-state index contributed by atoms with van der Waals surface area (Å²) in [6.45, 7) is 7.80. The highest BCUT2D eigenvalue weighted by Gasteiger charge is 2.46. The lowest BCUT2D eigenvalue weighted by atomic mass is 9.75. The molecule has 1 aromatic heterocycles. The van der Waals surface area contributed by atoms with Crippen molar-refractivity contribution in [3.63, 3.8) is 0 Å². The predicted molar refractivity (Wildman–Crippen MR) is 150 cm³/mol. The van der Waals surface area contributed by atoms with Gasteiger partial charge in [0, 0.05) is 58.6 Å². The van der Waals surface area contributed by atoms with Crippen LogP contribution >= 0.6 is 0 Å². The van der Waals surface area contributed by atoms with Crippen molar-refractivity contribution < 1.29 is 14.1 Å². The van der Waals surface area contributed by atoms with Crippen LogP contribution in [0, 0.1) is 0 Å². The molecule has 1 aliphatic heterocycles. The average molecular weight is 488 g/mol. The molecular weight excluding hydrogens is 456 g/mol. The molecule has 37 heavy (non-hydrogen) atoms. The lowest BCUT2D eigenvalue weighted by Gasteiger charge is -2.24. The van der Waals surface area contributed by atoms with E-state index in [0.717, 1.165) is 44.6 Å². The second-order valence-electron chi connectivity index (χ2n) is 10.4. The third-order valence-electron chi connectivity index (χ3n) is 7.82. The number of ketones is 1. The second kappa shape index (κ2) is 8.74. The van der Waals surface area contributed by atoms with Gasteiger partial charge in [-0.25, -0.2) is 0 Å². The SMILES string of the molecule is CC1=C(c2cn(C)c3ccccc23)C(=O)C1=CC1=[N+](CCOc2ccccc2)c2ccccc2C1(C)C. The molecule has 2 aliphatic rings. The van der Waals surface area contributed by atoms with Crippen molar-refractivity contribution in [2.75, 3.05) is 13.2 Å². The van der Waals surface area contributed by atoms with Gasteiger partial charge in [-0.2, -0.15) is 4.58 Å². The van der Waals surface area contributed by atoms with Crippen LogP contribution < -0.4 is 4.74 Å². The molecule has 0 saturated carbocycles. The van der Waals surface area contributed by atoms with Gasteiger partial charge in [0.2, 0.25) is 5.69 Å². The first kappa shape index (κ1) is 23.2. The highest BCUT2D eigenvalue weighted by Crippen LogP contribution is 2.44. The molecule has 0 saturated heterocycles. The number of aryl methyl sites for hydroxylation is 1. The van der Waals surface area contributed by atoms with Crippen LogP contribution in [0.4, 0.5) is 5.69 Å². The Morgan fingerprint density at radius 3 is 2.43 bits per heavy atom. The van der Waals surface area contributed by atoms with Gasteiger partial charge >= 0.3 is 0 Å². The molecule has 0 radical (unpaired) electrons. The van der Waals surface area contributed by atoms with Crippen LogP contribution in [0.3, 0.4) is 0 Å². The van der Waals surface area contributed by atoms with Crippen LogP contribution in [0.15, 0.2) is 102 Å². The quantitative estimate of drug-likeness (QED) is 0.226. The zero-order valence-corrected chi connectivity index (χ0v) is 21.8. The fraction of sp³-hybridized carbons (Fsp3) is 0.212. The van der Waals surface area contributed by atoms with Crippen molar-refractivity contribution in [2.45, 2.75) is 26.2 Å². The molecule has 0 unspecified atom stereocenters. The number of carbonyl (C=O) groups is 1. The number of nitrogens with zero attached hydrogens (tertiary/aromatic N) is 2. The Balaban J connectivity index is 1.40. The Hall–Kier alpha value is -4.18. The molecular formula is C33H31N2O2+. The summed E-state index contributed by atoms with van der Waals surface area (Å²) in [6, 6.07) is 26.7. The smallest absolute Gasteiger partial charge is 0.209 e. The van der Waals surface area contributed by atoms with Gasteiger partial charge < -0.3 is 9.30 Å². The molecule has 2 heterocycles. The Kier molecular flexibility index (Phi) is 5.49. The number of benzene rings is 3. The van der Waals surface area contributed by atoms with Crippen LogP contribution in [0.25, 0.3) is 16.5 Å². The number of rotatable bonds is 6. The fourth-order valence-corrected chi connectivity index (χ4v) is 5.84. The van der Waals surface area contributed by atoms with E-state index >= 15 is 0 Å². The molecule has 0 spiro atoms. The van der Waals surface area contributed by atoms with E-state index < -0.39 is 0 Å². The molecule has 0 N–H and O–H groups in total. The van der Waals surface area contributed by atoms with Crippen molar-refractivity contribution in [3.05, 3.63) is 113 Å². The predicted octanol–water partition coefficient (Wildman–Crippen LogP) is 6.62. The zero-order valence-electron chi connectivity index (χ0n) is 21.8. The summed E-state index contributed by atoms with van der Waals surface area (Å²) in [5, 5.41) is 1.12. The molecule has 4 aromatic rings. The average Bonchev–Trinajstić information content (AvgIpc) is 3.34. The topological polar surface area (TPSA) is 34.2 Å². The number of hydrogen-bond donors (Lipinski definition) is 0. The first-order valence-electron chi connectivity index (χ1n) is 12.8. The highest BCUT2D eigenvalue weighted by atomic mass is 16.5. The number of ether oxygens (including phenoxy) is 1. The van der Waals surface area contributed by atoms with Gasteiger partial charge in [0.25, 0.3) is 0 Å². The van der Waals surface area contributed by atoms with Crippen LogP contribution in [0.2, 0.25) is 0 Å². The Morgan fingerprint density at radius 2 is 1.65 bits per heavy atom. The number of hydrogen-bond acceptors (Lipinski definition) is 2. The van der Waals surface area contributed by atoms with Crippen molar-refractivity contribution in [1.29, 1.82) is 0 Å². The van der Waals surface area contributed by atoms with Gasteiger partial charge in [-0.3, -0.25) is 4.79 Å². The van der Waals surface area contributed by atoms with Crippen molar-refractivity contribution in [1.82, 2.24) is 4.57 Å². The Morgan fingerprint density at radius 1 is 0.946 bits per heavy atom. The van der Waals surface area contributed by atoms with Crippen molar-refractivity contribution >= 4 is 33.7 Å². The number of para-hydroxylation sites is 3. The van der Waals surface area contributed by atoms with Gasteiger partial charge in [-0.1, -0.05) is 54.6 Å². The molecule has 4 heteroatoms. The summed E-state index contributed by atoms with van der Waals surface area (Å²) >= 11 is 0. The van der Waals surface area contributed by atoms with Gasteiger partial charge in [0.05, 0.1) is 5.41 Å². The molecule has 0 amide bonds. The van der Waals surface area contributed by atoms with Gasteiger partial charge in [0.1, 0.15) is 12.4 Å². The van der Waals surface area contributed by atoms with Crippen LogP contribution in [0.5, 0.6) is 5.75 Å². The van der Waals surface area contributed by atoms with E-state index in [0.29, 0.717) is 13.2 Å². The normalized spacial score (nSPS) is 17.5. The van der Waals surface area contributed by atoms with E-state index in [-0.39, 0.29) is 11.2 Å². The van der Waals surface area contributed by atoms with E-state index in [1.807, 2.05) is 49.5 Å². The summed E-state index contributed by atoms with van der Waals surface area (Å²) in [7, 11) is 2.03.